The summed E-state index contributed by atoms with van der Waals surface area (Å²) < 4.78 is 0. The molecule has 0 aromatic rings. The van der Waals surface area contributed by atoms with Gasteiger partial charge in [0.25, 0.3) is 0 Å². The molecular formula is C11H17NO2. The fourth-order valence-corrected chi connectivity index (χ4v) is 2.02. The van der Waals surface area contributed by atoms with Crippen LogP contribution >= 0.6 is 0 Å². The molecule has 0 spiro atoms. The summed E-state index contributed by atoms with van der Waals surface area (Å²) in [6, 6.07) is 0.426. The van der Waals surface area contributed by atoms with E-state index in [4.69, 9.17) is 5.11 Å². The molecule has 0 aromatic carbocycles. The molecule has 0 atom stereocenters. The third kappa shape index (κ3) is 1.98. The highest BCUT2D eigenvalue weighted by Crippen LogP contribution is 2.30. The molecule has 0 unspecified atom stereocenters. The van der Waals surface area contributed by atoms with Gasteiger partial charge in [0.05, 0.1) is 6.61 Å². The second kappa shape index (κ2) is 4.13. The van der Waals surface area contributed by atoms with Crippen LogP contribution in [0.3, 0.4) is 0 Å². The number of hydrogen-bond acceptors (Lipinski definition) is 2. The molecule has 2 aliphatic rings. The van der Waals surface area contributed by atoms with Crippen LogP contribution in [-0.2, 0) is 4.79 Å². The van der Waals surface area contributed by atoms with Gasteiger partial charge < -0.3 is 10.0 Å². The number of rotatable bonds is 4. The average molecular weight is 195 g/mol. The predicted octanol–water partition coefficient (Wildman–Crippen LogP) is 0.936. The van der Waals surface area contributed by atoms with Gasteiger partial charge >= 0.3 is 0 Å². The first-order valence-corrected chi connectivity index (χ1v) is 5.39. The number of hydrogen-bond donors (Lipinski definition) is 1. The van der Waals surface area contributed by atoms with E-state index in [9.17, 15) is 4.79 Å². The van der Waals surface area contributed by atoms with Gasteiger partial charge in [0.2, 0.25) is 5.91 Å². The van der Waals surface area contributed by atoms with Gasteiger partial charge in [-0.05, 0) is 25.7 Å². The number of amides is 1. The summed E-state index contributed by atoms with van der Waals surface area (Å²) in [5.41, 5.74) is 0. The fourth-order valence-electron chi connectivity index (χ4n) is 2.02. The van der Waals surface area contributed by atoms with Gasteiger partial charge in [-0.2, -0.15) is 0 Å². The lowest BCUT2D eigenvalue weighted by Gasteiger charge is -2.24. The van der Waals surface area contributed by atoms with Crippen molar-refractivity contribution < 1.29 is 9.90 Å². The minimum atomic E-state index is 0.0857. The molecule has 2 rings (SSSR count). The third-order valence-electron chi connectivity index (χ3n) is 2.97. The van der Waals surface area contributed by atoms with Crippen LogP contribution < -0.4 is 0 Å². The molecule has 0 radical (unpaired) electrons. The standard InChI is InChI=1S/C11H17NO2/c13-8-7-12(10-5-6-10)11(14)9-3-1-2-4-9/h1-2,9-10,13H,3-8H2. The second-order valence-corrected chi connectivity index (χ2v) is 4.13. The molecule has 0 aromatic heterocycles. The number of aliphatic hydroxyl groups is 1. The number of allylic oxidation sites excluding steroid dienone is 2. The van der Waals surface area contributed by atoms with Gasteiger partial charge in [-0.15, -0.1) is 0 Å². The topological polar surface area (TPSA) is 40.5 Å². The first-order chi connectivity index (χ1) is 6.83. The molecule has 2 aliphatic carbocycles. The van der Waals surface area contributed by atoms with Crippen molar-refractivity contribution in [1.29, 1.82) is 0 Å². The molecule has 1 saturated carbocycles. The first-order valence-electron chi connectivity index (χ1n) is 5.39. The van der Waals surface area contributed by atoms with Crippen LogP contribution in [0.5, 0.6) is 0 Å². The maximum atomic E-state index is 12.0. The van der Waals surface area contributed by atoms with E-state index in [0.717, 1.165) is 25.7 Å². The summed E-state index contributed by atoms with van der Waals surface area (Å²) >= 11 is 0. The zero-order valence-electron chi connectivity index (χ0n) is 8.35. The van der Waals surface area contributed by atoms with Crippen molar-refractivity contribution in [2.75, 3.05) is 13.2 Å². The Morgan fingerprint density at radius 2 is 2.00 bits per heavy atom. The smallest absolute Gasteiger partial charge is 0.226 e. The minimum absolute atomic E-state index is 0.0857. The van der Waals surface area contributed by atoms with Crippen LogP contribution in [0.4, 0.5) is 0 Å². The normalized spacial score (nSPS) is 21.5. The van der Waals surface area contributed by atoms with Gasteiger partial charge in [-0.25, -0.2) is 0 Å². The maximum absolute atomic E-state index is 12.0. The quantitative estimate of drug-likeness (QED) is 0.678. The Morgan fingerprint density at radius 1 is 1.36 bits per heavy atom. The van der Waals surface area contributed by atoms with Crippen molar-refractivity contribution in [3.8, 4) is 0 Å². The predicted molar refractivity (Wildman–Crippen MR) is 53.7 cm³/mol. The molecule has 1 fully saturated rings. The molecule has 78 valence electrons. The van der Waals surface area contributed by atoms with E-state index in [2.05, 4.69) is 12.2 Å². The molecule has 0 bridgehead atoms. The SMILES string of the molecule is O=C(C1CC=CC1)N(CCO)C1CC1. The Morgan fingerprint density at radius 3 is 2.50 bits per heavy atom. The molecule has 14 heavy (non-hydrogen) atoms. The lowest BCUT2D eigenvalue weighted by molar-refractivity contribution is -0.136. The van der Waals surface area contributed by atoms with E-state index in [0.29, 0.717) is 12.6 Å². The lowest BCUT2D eigenvalue weighted by atomic mass is 10.1. The Kier molecular flexibility index (Phi) is 2.87. The summed E-state index contributed by atoms with van der Waals surface area (Å²) in [7, 11) is 0. The van der Waals surface area contributed by atoms with E-state index in [1.807, 2.05) is 4.90 Å². The van der Waals surface area contributed by atoms with Crippen molar-refractivity contribution in [2.45, 2.75) is 31.7 Å². The highest BCUT2D eigenvalue weighted by atomic mass is 16.3. The monoisotopic (exact) mass is 195 g/mol. The third-order valence-corrected chi connectivity index (χ3v) is 2.97. The number of carbonyl (C=O) groups is 1. The Balaban J connectivity index is 1.92. The van der Waals surface area contributed by atoms with Crippen molar-refractivity contribution in [1.82, 2.24) is 4.90 Å². The van der Waals surface area contributed by atoms with Crippen LogP contribution in [0, 0.1) is 5.92 Å². The van der Waals surface area contributed by atoms with Gasteiger partial charge in [-0.1, -0.05) is 12.2 Å². The highest BCUT2D eigenvalue weighted by molar-refractivity contribution is 5.80. The van der Waals surface area contributed by atoms with E-state index in [1.165, 1.54) is 0 Å². The van der Waals surface area contributed by atoms with Crippen molar-refractivity contribution >= 4 is 5.91 Å². The molecule has 1 amide bonds. The Bertz CT molecular complexity index is 238. The lowest BCUT2D eigenvalue weighted by Crippen LogP contribution is -2.39. The van der Waals surface area contributed by atoms with Crippen molar-refractivity contribution in [3.63, 3.8) is 0 Å². The summed E-state index contributed by atoms with van der Waals surface area (Å²) in [4.78, 5) is 13.9. The largest absolute Gasteiger partial charge is 0.395 e. The Labute approximate surface area is 84.4 Å². The molecule has 3 nitrogen and oxygen atoms in total. The molecule has 3 heteroatoms. The molecular weight excluding hydrogens is 178 g/mol. The molecule has 0 heterocycles. The van der Waals surface area contributed by atoms with Crippen LogP contribution in [0.15, 0.2) is 12.2 Å². The Hall–Kier alpha value is -0.830. The fraction of sp³-hybridized carbons (Fsp3) is 0.727. The van der Waals surface area contributed by atoms with E-state index in [1.54, 1.807) is 0 Å². The number of nitrogens with zero attached hydrogens (tertiary/aromatic N) is 1. The van der Waals surface area contributed by atoms with E-state index < -0.39 is 0 Å². The van der Waals surface area contributed by atoms with Crippen LogP contribution in [-0.4, -0.2) is 35.1 Å². The van der Waals surface area contributed by atoms with Crippen LogP contribution in [0.2, 0.25) is 0 Å². The second-order valence-electron chi connectivity index (χ2n) is 4.13. The summed E-state index contributed by atoms with van der Waals surface area (Å²) in [6.07, 6.45) is 8.15. The zero-order valence-corrected chi connectivity index (χ0v) is 8.35. The van der Waals surface area contributed by atoms with Gasteiger partial charge in [0.15, 0.2) is 0 Å². The number of aliphatic hydroxyl groups excluding tert-OH is 1. The molecule has 0 aliphatic heterocycles. The average Bonchev–Trinajstić information content (AvgIpc) is 2.88. The van der Waals surface area contributed by atoms with Gasteiger partial charge in [0.1, 0.15) is 0 Å². The maximum Gasteiger partial charge on any atom is 0.226 e. The van der Waals surface area contributed by atoms with Crippen LogP contribution in [0.25, 0.3) is 0 Å². The van der Waals surface area contributed by atoms with E-state index >= 15 is 0 Å². The van der Waals surface area contributed by atoms with Gasteiger partial charge in [0, 0.05) is 18.5 Å². The minimum Gasteiger partial charge on any atom is -0.395 e. The summed E-state index contributed by atoms with van der Waals surface area (Å²) in [5, 5.41) is 8.90. The molecule has 0 saturated heterocycles. The number of carbonyl (C=O) groups excluding carboxylic acids is 1. The van der Waals surface area contributed by atoms with Crippen molar-refractivity contribution in [3.05, 3.63) is 12.2 Å². The molecule has 1 N–H and O–H groups in total. The summed E-state index contributed by atoms with van der Waals surface area (Å²) in [5.74, 6) is 0.397. The van der Waals surface area contributed by atoms with Crippen LogP contribution in [0.1, 0.15) is 25.7 Å². The van der Waals surface area contributed by atoms with E-state index in [-0.39, 0.29) is 18.4 Å². The summed E-state index contributed by atoms with van der Waals surface area (Å²) in [6.45, 7) is 0.600. The first kappa shape index (κ1) is 9.71. The van der Waals surface area contributed by atoms with Gasteiger partial charge in [-0.3, -0.25) is 4.79 Å². The zero-order chi connectivity index (χ0) is 9.97. The van der Waals surface area contributed by atoms with Crippen molar-refractivity contribution in [2.24, 2.45) is 5.92 Å². The highest BCUT2D eigenvalue weighted by Gasteiger charge is 2.35.